The lowest BCUT2D eigenvalue weighted by Crippen LogP contribution is -1.99. The number of H-pyrrole nitrogens is 1. The van der Waals surface area contributed by atoms with E-state index >= 15 is 0 Å². The lowest BCUT2D eigenvalue weighted by molar-refractivity contribution is 0.317. The first-order valence-corrected chi connectivity index (χ1v) is 9.00. The third-order valence-electron chi connectivity index (χ3n) is 3.86. The zero-order valence-electron chi connectivity index (χ0n) is 14.3. The van der Waals surface area contributed by atoms with E-state index in [4.69, 9.17) is 4.74 Å². The van der Waals surface area contributed by atoms with Crippen molar-refractivity contribution in [2.75, 3.05) is 12.0 Å². The minimum Gasteiger partial charge on any atom is -0.504 e. The zero-order chi connectivity index (χ0) is 18.8. The maximum absolute atomic E-state index is 10.3. The number of aromatic amines is 1. The molecule has 0 aliphatic heterocycles. The van der Waals surface area contributed by atoms with E-state index in [1.807, 2.05) is 31.2 Å². The van der Waals surface area contributed by atoms with Crippen LogP contribution in [0, 0.1) is 0 Å². The number of anilines is 1. The molecule has 0 unspecified atom stereocenters. The Morgan fingerprint density at radius 1 is 1.30 bits per heavy atom. The molecule has 4 rings (SSSR count). The Balaban J connectivity index is 1.59. The molecule has 3 N–H and O–H groups in total. The summed E-state index contributed by atoms with van der Waals surface area (Å²) in [5.41, 5.74) is 5.47. The number of aromatic hydroxyl groups is 1. The molecule has 2 aromatic carbocycles. The second-order valence-electron chi connectivity index (χ2n) is 5.65. The summed E-state index contributed by atoms with van der Waals surface area (Å²) in [4.78, 5) is 7.58. The maximum atomic E-state index is 10.3. The highest BCUT2D eigenvalue weighted by molar-refractivity contribution is 9.10. The Labute approximate surface area is 162 Å². The lowest BCUT2D eigenvalue weighted by Gasteiger charge is -2.08. The fourth-order valence-corrected chi connectivity index (χ4v) is 3.14. The van der Waals surface area contributed by atoms with Crippen molar-refractivity contribution < 1.29 is 9.84 Å². The highest BCUT2D eigenvalue weighted by Crippen LogP contribution is 2.33. The molecule has 27 heavy (non-hydrogen) atoms. The molecule has 8 nitrogen and oxygen atoms in total. The monoisotopic (exact) mass is 426 g/mol. The van der Waals surface area contributed by atoms with Gasteiger partial charge < -0.3 is 14.8 Å². The van der Waals surface area contributed by atoms with Crippen molar-refractivity contribution in [3.8, 4) is 11.5 Å². The van der Waals surface area contributed by atoms with Gasteiger partial charge in [-0.25, -0.2) is 5.43 Å². The Morgan fingerprint density at radius 2 is 2.15 bits per heavy atom. The van der Waals surface area contributed by atoms with E-state index in [1.54, 1.807) is 12.1 Å². The van der Waals surface area contributed by atoms with Gasteiger partial charge in [0.25, 0.3) is 5.95 Å². The number of phenols is 1. The largest absolute Gasteiger partial charge is 0.504 e. The number of nitrogens with one attached hydrogen (secondary N) is 2. The number of fused-ring (bicyclic) bond motifs is 3. The van der Waals surface area contributed by atoms with E-state index in [9.17, 15) is 5.11 Å². The van der Waals surface area contributed by atoms with Crippen LogP contribution in [0.5, 0.6) is 11.5 Å². The molecule has 0 radical (unpaired) electrons. The van der Waals surface area contributed by atoms with E-state index in [1.165, 1.54) is 6.21 Å². The third-order valence-corrected chi connectivity index (χ3v) is 4.32. The number of phenolic OH excluding ortho intramolecular Hbond substituents is 1. The fourth-order valence-electron chi connectivity index (χ4n) is 2.69. The minimum atomic E-state index is 0.00992. The number of rotatable bonds is 5. The quantitative estimate of drug-likeness (QED) is 0.330. The molecule has 0 aliphatic carbocycles. The molecule has 0 saturated carbocycles. The molecular weight excluding hydrogens is 412 g/mol. The number of hydrazone groups is 1. The number of hydrogen-bond donors (Lipinski definition) is 3. The topological polar surface area (TPSA) is 108 Å². The number of nitrogens with zero attached hydrogens (tertiary/aromatic N) is 4. The Morgan fingerprint density at radius 3 is 3.00 bits per heavy atom. The lowest BCUT2D eigenvalue weighted by atomic mass is 10.2. The second kappa shape index (κ2) is 7.20. The highest BCUT2D eigenvalue weighted by atomic mass is 79.9. The van der Waals surface area contributed by atoms with Crippen molar-refractivity contribution in [1.82, 2.24) is 20.2 Å². The van der Waals surface area contributed by atoms with Gasteiger partial charge in [-0.2, -0.15) is 10.1 Å². The van der Waals surface area contributed by atoms with Crippen LogP contribution in [0.4, 0.5) is 5.95 Å². The van der Waals surface area contributed by atoms with Crippen molar-refractivity contribution in [3.63, 3.8) is 0 Å². The molecule has 4 aromatic rings. The first-order valence-electron chi connectivity index (χ1n) is 8.21. The van der Waals surface area contributed by atoms with Gasteiger partial charge in [0.1, 0.15) is 5.52 Å². The molecule has 0 fully saturated rings. The fraction of sp³-hybridized carbons (Fsp3) is 0.111. The number of aromatic nitrogens is 4. The number of halogens is 1. The SMILES string of the molecule is CCOc1cc(Br)cc(/C=N/Nc2nnc3c(n2)[nH]c2ccccc23)c1O. The first kappa shape index (κ1) is 17.2. The van der Waals surface area contributed by atoms with E-state index in [2.05, 4.69) is 46.6 Å². The van der Waals surface area contributed by atoms with E-state index < -0.39 is 0 Å². The molecule has 2 aromatic heterocycles. The van der Waals surface area contributed by atoms with Gasteiger partial charge in [-0.15, -0.1) is 10.2 Å². The van der Waals surface area contributed by atoms with Gasteiger partial charge in [0.05, 0.1) is 12.8 Å². The van der Waals surface area contributed by atoms with E-state index in [-0.39, 0.29) is 11.7 Å². The zero-order valence-corrected chi connectivity index (χ0v) is 15.9. The molecule has 0 spiro atoms. The Bertz CT molecular complexity index is 1160. The van der Waals surface area contributed by atoms with Crippen LogP contribution in [0.2, 0.25) is 0 Å². The van der Waals surface area contributed by atoms with Gasteiger partial charge in [0.2, 0.25) is 0 Å². The van der Waals surface area contributed by atoms with Gasteiger partial charge >= 0.3 is 0 Å². The summed E-state index contributed by atoms with van der Waals surface area (Å²) >= 11 is 3.39. The Kier molecular flexibility index (Phi) is 4.59. The minimum absolute atomic E-state index is 0.00992. The third kappa shape index (κ3) is 3.41. The number of para-hydroxylation sites is 1. The standard InChI is InChI=1S/C18H15BrN6O2/c1-2-27-14-8-11(19)7-10(16(14)26)9-20-24-18-22-17-15(23-25-18)12-5-3-4-6-13(12)21-17/h3-9,26H,2H2,1H3,(H2,21,22,24,25)/b20-9+. The molecular formula is C18H15BrN6O2. The van der Waals surface area contributed by atoms with Crippen LogP contribution in [0.15, 0.2) is 46.0 Å². The van der Waals surface area contributed by atoms with Crippen LogP contribution < -0.4 is 10.2 Å². The summed E-state index contributed by atoms with van der Waals surface area (Å²) in [5.74, 6) is 0.631. The average Bonchev–Trinajstić information content (AvgIpc) is 3.03. The van der Waals surface area contributed by atoms with Crippen LogP contribution in [-0.2, 0) is 0 Å². The number of ether oxygens (including phenoxy) is 1. The van der Waals surface area contributed by atoms with E-state index in [0.29, 0.717) is 29.1 Å². The van der Waals surface area contributed by atoms with Crippen LogP contribution in [0.25, 0.3) is 22.1 Å². The highest BCUT2D eigenvalue weighted by Gasteiger charge is 2.10. The second-order valence-corrected chi connectivity index (χ2v) is 6.56. The smallest absolute Gasteiger partial charge is 0.265 e. The summed E-state index contributed by atoms with van der Waals surface area (Å²) in [7, 11) is 0. The average molecular weight is 427 g/mol. The summed E-state index contributed by atoms with van der Waals surface area (Å²) in [6.07, 6.45) is 1.46. The van der Waals surface area contributed by atoms with Gasteiger partial charge in [-0.3, -0.25) is 0 Å². The summed E-state index contributed by atoms with van der Waals surface area (Å²) in [6.45, 7) is 2.29. The van der Waals surface area contributed by atoms with Gasteiger partial charge in [0, 0.05) is 20.9 Å². The van der Waals surface area contributed by atoms with Gasteiger partial charge in [0.15, 0.2) is 17.1 Å². The van der Waals surface area contributed by atoms with Crippen molar-refractivity contribution >= 4 is 50.2 Å². The van der Waals surface area contributed by atoms with Crippen molar-refractivity contribution in [2.24, 2.45) is 5.10 Å². The molecule has 2 heterocycles. The van der Waals surface area contributed by atoms with Crippen LogP contribution >= 0.6 is 15.9 Å². The predicted molar refractivity (Wildman–Crippen MR) is 107 cm³/mol. The summed E-state index contributed by atoms with van der Waals surface area (Å²) in [5, 5.41) is 23.6. The molecule has 0 atom stereocenters. The van der Waals surface area contributed by atoms with E-state index in [0.717, 1.165) is 15.4 Å². The van der Waals surface area contributed by atoms with Gasteiger partial charge in [-0.1, -0.05) is 34.1 Å². The van der Waals surface area contributed by atoms with Crippen molar-refractivity contribution in [3.05, 3.63) is 46.4 Å². The Hall–Kier alpha value is -3.20. The first-order chi connectivity index (χ1) is 13.2. The molecule has 136 valence electrons. The van der Waals surface area contributed by atoms with Gasteiger partial charge in [-0.05, 0) is 25.1 Å². The molecule has 9 heteroatoms. The maximum Gasteiger partial charge on any atom is 0.265 e. The number of benzene rings is 2. The van der Waals surface area contributed by atoms with Crippen molar-refractivity contribution in [2.45, 2.75) is 6.92 Å². The summed E-state index contributed by atoms with van der Waals surface area (Å²) in [6, 6.07) is 11.2. The van der Waals surface area contributed by atoms with Crippen LogP contribution in [0.3, 0.4) is 0 Å². The molecule has 0 bridgehead atoms. The predicted octanol–water partition coefficient (Wildman–Crippen LogP) is 3.82. The number of hydrogen-bond acceptors (Lipinski definition) is 7. The van der Waals surface area contributed by atoms with Crippen LogP contribution in [-0.4, -0.2) is 38.1 Å². The summed E-state index contributed by atoms with van der Waals surface area (Å²) < 4.78 is 6.17. The van der Waals surface area contributed by atoms with Crippen molar-refractivity contribution in [1.29, 1.82) is 0 Å². The van der Waals surface area contributed by atoms with Crippen LogP contribution in [0.1, 0.15) is 12.5 Å². The normalized spacial score (nSPS) is 11.5. The molecule has 0 aliphatic rings. The molecule has 0 saturated heterocycles. The molecule has 0 amide bonds.